The second-order valence-corrected chi connectivity index (χ2v) is 5.41. The third-order valence-corrected chi connectivity index (χ3v) is 3.55. The van der Waals surface area contributed by atoms with Gasteiger partial charge in [-0.25, -0.2) is 4.98 Å². The third-order valence-electron chi connectivity index (χ3n) is 3.33. The highest BCUT2D eigenvalue weighted by atomic mass is 35.5. The highest BCUT2D eigenvalue weighted by Gasteiger charge is 2.08. The minimum absolute atomic E-state index is 0.254. The summed E-state index contributed by atoms with van der Waals surface area (Å²) in [7, 11) is 0. The third kappa shape index (κ3) is 3.32. The van der Waals surface area contributed by atoms with Gasteiger partial charge in [-0.1, -0.05) is 11.6 Å². The molecule has 116 valence electrons. The number of halogens is 1. The summed E-state index contributed by atoms with van der Waals surface area (Å²) in [4.78, 5) is 27.5. The molecule has 0 aliphatic rings. The van der Waals surface area contributed by atoms with Gasteiger partial charge in [0.2, 0.25) is 5.91 Å². The van der Waals surface area contributed by atoms with E-state index in [0.717, 1.165) is 11.3 Å². The number of pyridine rings is 1. The van der Waals surface area contributed by atoms with Gasteiger partial charge < -0.3 is 15.5 Å². The predicted octanol–water partition coefficient (Wildman–Crippen LogP) is 2.02. The molecule has 0 radical (unpaired) electrons. The Hall–Kier alpha value is -2.86. The molecule has 0 spiro atoms. The molecule has 3 aromatic rings. The standard InChI is InChI=1S/C16H13ClN4O2/c17-12-5-6-14-20-13(9-21(14)8-12)7-19-16(23)11-3-1-10(2-4-11)15(18)22/h1-6,8-9H,7H2,(H2,18,22)(H,19,23). The van der Waals surface area contributed by atoms with Crippen LogP contribution in [0.1, 0.15) is 26.4 Å². The van der Waals surface area contributed by atoms with E-state index in [1.54, 1.807) is 41.1 Å². The van der Waals surface area contributed by atoms with E-state index in [9.17, 15) is 9.59 Å². The minimum atomic E-state index is -0.527. The number of rotatable bonds is 4. The van der Waals surface area contributed by atoms with Crippen LogP contribution >= 0.6 is 11.6 Å². The van der Waals surface area contributed by atoms with Crippen LogP contribution in [0, 0.1) is 0 Å². The first-order valence-electron chi connectivity index (χ1n) is 6.84. The maximum absolute atomic E-state index is 12.1. The summed E-state index contributed by atoms with van der Waals surface area (Å²) in [5.74, 6) is -0.781. The lowest BCUT2D eigenvalue weighted by molar-refractivity contribution is 0.0948. The summed E-state index contributed by atoms with van der Waals surface area (Å²) < 4.78 is 1.80. The van der Waals surface area contributed by atoms with Crippen LogP contribution in [0.5, 0.6) is 0 Å². The molecular formula is C16H13ClN4O2. The molecule has 23 heavy (non-hydrogen) atoms. The average molecular weight is 329 g/mol. The summed E-state index contributed by atoms with van der Waals surface area (Å²) in [5.41, 5.74) is 7.44. The number of aromatic nitrogens is 2. The van der Waals surface area contributed by atoms with Gasteiger partial charge in [0.25, 0.3) is 5.91 Å². The average Bonchev–Trinajstić information content (AvgIpc) is 2.94. The van der Waals surface area contributed by atoms with E-state index in [-0.39, 0.29) is 12.5 Å². The number of amides is 2. The largest absolute Gasteiger partial charge is 0.366 e. The molecule has 0 fully saturated rings. The number of hydrogen-bond donors (Lipinski definition) is 2. The number of benzene rings is 1. The zero-order valence-corrected chi connectivity index (χ0v) is 12.7. The van der Waals surface area contributed by atoms with Gasteiger partial charge in [-0.05, 0) is 36.4 Å². The van der Waals surface area contributed by atoms with E-state index in [4.69, 9.17) is 17.3 Å². The summed E-state index contributed by atoms with van der Waals surface area (Å²) >= 11 is 5.92. The Morgan fingerprint density at radius 2 is 1.78 bits per heavy atom. The van der Waals surface area contributed by atoms with Gasteiger partial charge >= 0.3 is 0 Å². The number of nitrogens with two attached hydrogens (primary N) is 1. The van der Waals surface area contributed by atoms with Crippen molar-refractivity contribution < 1.29 is 9.59 Å². The highest BCUT2D eigenvalue weighted by molar-refractivity contribution is 6.30. The number of hydrogen-bond acceptors (Lipinski definition) is 3. The van der Waals surface area contributed by atoms with Gasteiger partial charge in [0, 0.05) is 23.5 Å². The molecule has 0 saturated carbocycles. The monoisotopic (exact) mass is 328 g/mol. The number of primary amides is 1. The maximum Gasteiger partial charge on any atom is 0.251 e. The number of carbonyl (C=O) groups is 2. The molecule has 2 heterocycles. The van der Waals surface area contributed by atoms with Crippen LogP contribution in [0.25, 0.3) is 5.65 Å². The highest BCUT2D eigenvalue weighted by Crippen LogP contribution is 2.12. The molecule has 6 nitrogen and oxygen atoms in total. The van der Waals surface area contributed by atoms with Gasteiger partial charge in [-0.15, -0.1) is 0 Å². The maximum atomic E-state index is 12.1. The molecule has 1 aromatic carbocycles. The summed E-state index contributed by atoms with van der Waals surface area (Å²) in [6.07, 6.45) is 3.55. The molecule has 2 aromatic heterocycles. The van der Waals surface area contributed by atoms with Crippen LogP contribution in [0.15, 0.2) is 48.8 Å². The zero-order chi connectivity index (χ0) is 16.4. The molecule has 3 N–H and O–H groups in total. The predicted molar refractivity (Wildman–Crippen MR) is 86.3 cm³/mol. The molecule has 0 unspecified atom stereocenters. The van der Waals surface area contributed by atoms with Crippen molar-refractivity contribution >= 4 is 29.1 Å². The molecular weight excluding hydrogens is 316 g/mol. The Kier molecular flexibility index (Phi) is 3.99. The Labute approximate surface area is 136 Å². The van der Waals surface area contributed by atoms with E-state index in [1.165, 1.54) is 12.1 Å². The Balaban J connectivity index is 1.68. The van der Waals surface area contributed by atoms with Crippen LogP contribution in [-0.2, 0) is 6.54 Å². The molecule has 0 aliphatic carbocycles. The lowest BCUT2D eigenvalue weighted by atomic mass is 10.1. The van der Waals surface area contributed by atoms with Crippen molar-refractivity contribution in [2.24, 2.45) is 5.73 Å². The summed E-state index contributed by atoms with van der Waals surface area (Å²) in [6.45, 7) is 0.287. The smallest absolute Gasteiger partial charge is 0.251 e. The van der Waals surface area contributed by atoms with Gasteiger partial charge in [0.15, 0.2) is 0 Å². The van der Waals surface area contributed by atoms with Gasteiger partial charge in [-0.3, -0.25) is 9.59 Å². The summed E-state index contributed by atoms with van der Waals surface area (Å²) in [6, 6.07) is 9.70. The number of imidazole rings is 1. The van der Waals surface area contributed by atoms with Crippen LogP contribution in [-0.4, -0.2) is 21.2 Å². The molecule has 3 rings (SSSR count). The Morgan fingerprint density at radius 1 is 1.09 bits per heavy atom. The van der Waals surface area contributed by atoms with E-state index < -0.39 is 5.91 Å². The Bertz CT molecular complexity index is 887. The van der Waals surface area contributed by atoms with Crippen molar-refractivity contribution in [3.05, 3.63) is 70.6 Å². The molecule has 0 bridgehead atoms. The first kappa shape index (κ1) is 15.1. The number of nitrogens with zero attached hydrogens (tertiary/aromatic N) is 2. The van der Waals surface area contributed by atoms with E-state index in [2.05, 4.69) is 10.3 Å². The quantitative estimate of drug-likeness (QED) is 0.767. The fourth-order valence-corrected chi connectivity index (χ4v) is 2.33. The van der Waals surface area contributed by atoms with Crippen LogP contribution in [0.4, 0.5) is 0 Å². The molecule has 0 saturated heterocycles. The van der Waals surface area contributed by atoms with Crippen molar-refractivity contribution in [1.82, 2.24) is 14.7 Å². The molecule has 7 heteroatoms. The minimum Gasteiger partial charge on any atom is -0.366 e. The first-order chi connectivity index (χ1) is 11.0. The van der Waals surface area contributed by atoms with E-state index in [0.29, 0.717) is 16.1 Å². The topological polar surface area (TPSA) is 89.5 Å². The number of nitrogens with one attached hydrogen (secondary N) is 1. The lowest BCUT2D eigenvalue weighted by Crippen LogP contribution is -2.23. The molecule has 0 atom stereocenters. The van der Waals surface area contributed by atoms with Crippen molar-refractivity contribution in [2.45, 2.75) is 6.54 Å². The lowest BCUT2D eigenvalue weighted by Gasteiger charge is -2.03. The molecule has 0 aliphatic heterocycles. The number of fused-ring (bicyclic) bond motifs is 1. The SMILES string of the molecule is NC(=O)c1ccc(C(=O)NCc2cn3cc(Cl)ccc3n2)cc1. The first-order valence-corrected chi connectivity index (χ1v) is 7.22. The van der Waals surface area contributed by atoms with Gasteiger partial charge in [0.05, 0.1) is 17.3 Å². The van der Waals surface area contributed by atoms with Crippen LogP contribution in [0.2, 0.25) is 5.02 Å². The normalized spacial score (nSPS) is 10.7. The molecule has 2 amide bonds. The van der Waals surface area contributed by atoms with Crippen LogP contribution in [0.3, 0.4) is 0 Å². The van der Waals surface area contributed by atoms with Crippen LogP contribution < -0.4 is 11.1 Å². The van der Waals surface area contributed by atoms with E-state index >= 15 is 0 Å². The second-order valence-electron chi connectivity index (χ2n) is 4.97. The van der Waals surface area contributed by atoms with Gasteiger partial charge in [0.1, 0.15) is 5.65 Å². The fourth-order valence-electron chi connectivity index (χ4n) is 2.16. The zero-order valence-electron chi connectivity index (χ0n) is 12.0. The van der Waals surface area contributed by atoms with Crippen molar-refractivity contribution in [2.75, 3.05) is 0 Å². The van der Waals surface area contributed by atoms with Gasteiger partial charge in [-0.2, -0.15) is 0 Å². The van der Waals surface area contributed by atoms with Crippen molar-refractivity contribution in [3.8, 4) is 0 Å². The van der Waals surface area contributed by atoms with Crippen molar-refractivity contribution in [1.29, 1.82) is 0 Å². The number of carbonyl (C=O) groups excluding carboxylic acids is 2. The fraction of sp³-hybridized carbons (Fsp3) is 0.0625. The van der Waals surface area contributed by atoms with E-state index in [1.807, 2.05) is 0 Å². The summed E-state index contributed by atoms with van der Waals surface area (Å²) in [5, 5.41) is 3.39. The second kappa shape index (κ2) is 6.10. The van der Waals surface area contributed by atoms with Crippen molar-refractivity contribution in [3.63, 3.8) is 0 Å². The Morgan fingerprint density at radius 3 is 2.48 bits per heavy atom.